The summed E-state index contributed by atoms with van der Waals surface area (Å²) in [6.45, 7) is 7.08. The van der Waals surface area contributed by atoms with Crippen LogP contribution in [0.1, 0.15) is 29.6 Å². The van der Waals surface area contributed by atoms with Gasteiger partial charge in [0.25, 0.3) is 5.91 Å². The Bertz CT molecular complexity index is 1090. The minimum absolute atomic E-state index is 0.221. The molecule has 1 aromatic carbocycles. The number of rotatable bonds is 5. The van der Waals surface area contributed by atoms with Crippen LogP contribution in [-0.4, -0.2) is 18.2 Å². The number of carbonyl (C=O) groups is 1. The molecule has 140 valence electrons. The summed E-state index contributed by atoms with van der Waals surface area (Å²) >= 11 is 0. The van der Waals surface area contributed by atoms with Crippen molar-refractivity contribution in [2.75, 3.05) is 6.61 Å². The van der Waals surface area contributed by atoms with Gasteiger partial charge in [-0.25, -0.2) is 10.2 Å². The first-order chi connectivity index (χ1) is 12.8. The zero-order valence-electron chi connectivity index (χ0n) is 15.6. The van der Waals surface area contributed by atoms with Crippen LogP contribution in [0, 0.1) is 20.8 Å². The number of hydrogen-bond donors (Lipinski definition) is 1. The summed E-state index contributed by atoms with van der Waals surface area (Å²) in [6.07, 6.45) is 0. The topological polar surface area (TPSA) is 94.0 Å². The second-order valence-electron chi connectivity index (χ2n) is 6.25. The Kier molecular flexibility index (Phi) is 5.12. The average Bonchev–Trinajstić information content (AvgIpc) is 2.95. The van der Waals surface area contributed by atoms with Crippen molar-refractivity contribution in [1.29, 1.82) is 0 Å². The van der Waals surface area contributed by atoms with Crippen LogP contribution in [0.2, 0.25) is 0 Å². The molecule has 0 saturated heterocycles. The molecule has 0 aliphatic carbocycles. The normalized spacial score (nSPS) is 11.6. The van der Waals surface area contributed by atoms with Crippen molar-refractivity contribution in [3.63, 3.8) is 0 Å². The summed E-state index contributed by atoms with van der Waals surface area (Å²) < 4.78 is 16.1. The molecule has 0 fully saturated rings. The number of hydrazone groups is 1. The molecular weight excluding hydrogens is 348 g/mol. The number of aryl methyl sites for hydroxylation is 3. The number of nitrogens with zero attached hydrogens (tertiary/aromatic N) is 1. The third kappa shape index (κ3) is 4.25. The van der Waals surface area contributed by atoms with E-state index in [4.69, 9.17) is 13.6 Å². The van der Waals surface area contributed by atoms with Crippen molar-refractivity contribution in [1.82, 2.24) is 5.43 Å². The van der Waals surface area contributed by atoms with Gasteiger partial charge in [-0.1, -0.05) is 0 Å². The summed E-state index contributed by atoms with van der Waals surface area (Å²) in [7, 11) is 0. The largest absolute Gasteiger partial charge is 0.484 e. The first-order valence-corrected chi connectivity index (χ1v) is 8.41. The fraction of sp³-hybridized carbons (Fsp3) is 0.250. The highest BCUT2D eigenvalue weighted by Crippen LogP contribution is 2.22. The molecule has 0 radical (unpaired) electrons. The molecular formula is C20H20N2O5. The minimum atomic E-state index is -0.426. The maximum absolute atomic E-state index is 12.0. The van der Waals surface area contributed by atoms with E-state index in [-0.39, 0.29) is 6.61 Å². The minimum Gasteiger partial charge on any atom is -0.484 e. The van der Waals surface area contributed by atoms with Crippen molar-refractivity contribution in [3.05, 3.63) is 63.4 Å². The van der Waals surface area contributed by atoms with Gasteiger partial charge in [-0.3, -0.25) is 4.79 Å². The number of hydrogen-bond acceptors (Lipinski definition) is 6. The highest BCUT2D eigenvalue weighted by molar-refractivity contribution is 6.00. The summed E-state index contributed by atoms with van der Waals surface area (Å²) in [4.78, 5) is 23.5. The van der Waals surface area contributed by atoms with E-state index in [0.29, 0.717) is 17.0 Å². The molecule has 0 aliphatic rings. The Morgan fingerprint density at radius 1 is 1.15 bits per heavy atom. The van der Waals surface area contributed by atoms with Gasteiger partial charge in [-0.15, -0.1) is 0 Å². The summed E-state index contributed by atoms with van der Waals surface area (Å²) in [5.41, 5.74) is 4.74. The SMILES string of the molecule is C/C(=N/NC(=O)COc1ccc2c(C)cc(=O)oc2c1)c1cc(C)oc1C. The Hall–Kier alpha value is -3.35. The van der Waals surface area contributed by atoms with Crippen LogP contribution < -0.4 is 15.8 Å². The van der Waals surface area contributed by atoms with Crippen molar-refractivity contribution in [2.45, 2.75) is 27.7 Å². The Morgan fingerprint density at radius 3 is 2.63 bits per heavy atom. The molecule has 0 saturated carbocycles. The third-order valence-electron chi connectivity index (χ3n) is 4.07. The Labute approximate surface area is 155 Å². The van der Waals surface area contributed by atoms with Crippen molar-refractivity contribution in [3.8, 4) is 5.75 Å². The van der Waals surface area contributed by atoms with E-state index in [9.17, 15) is 9.59 Å². The number of benzene rings is 1. The van der Waals surface area contributed by atoms with Crippen molar-refractivity contribution < 1.29 is 18.4 Å². The molecule has 0 spiro atoms. The van der Waals surface area contributed by atoms with Gasteiger partial charge in [0.05, 0.1) is 5.71 Å². The monoisotopic (exact) mass is 368 g/mol. The van der Waals surface area contributed by atoms with Gasteiger partial charge in [0.2, 0.25) is 0 Å². The second kappa shape index (κ2) is 7.49. The molecule has 0 unspecified atom stereocenters. The number of ether oxygens (including phenoxy) is 1. The zero-order chi connectivity index (χ0) is 19.6. The van der Waals surface area contributed by atoms with Crippen LogP contribution in [0.3, 0.4) is 0 Å². The number of fused-ring (bicyclic) bond motifs is 1. The average molecular weight is 368 g/mol. The lowest BCUT2D eigenvalue weighted by Gasteiger charge is -2.07. The molecule has 7 nitrogen and oxygen atoms in total. The lowest BCUT2D eigenvalue weighted by atomic mass is 10.1. The van der Waals surface area contributed by atoms with E-state index in [1.807, 2.05) is 26.8 Å². The predicted octanol–water partition coefficient (Wildman–Crippen LogP) is 3.23. The summed E-state index contributed by atoms with van der Waals surface area (Å²) in [6, 6.07) is 8.38. The van der Waals surface area contributed by atoms with Gasteiger partial charge >= 0.3 is 5.63 Å². The molecule has 0 bridgehead atoms. The van der Waals surface area contributed by atoms with Gasteiger partial charge in [0.15, 0.2) is 6.61 Å². The van der Waals surface area contributed by atoms with Crippen LogP contribution in [0.15, 0.2) is 49.1 Å². The highest BCUT2D eigenvalue weighted by Gasteiger charge is 2.09. The van der Waals surface area contributed by atoms with E-state index >= 15 is 0 Å². The van der Waals surface area contributed by atoms with Crippen LogP contribution in [0.4, 0.5) is 0 Å². The lowest BCUT2D eigenvalue weighted by molar-refractivity contribution is -0.123. The molecule has 1 amide bonds. The zero-order valence-corrected chi connectivity index (χ0v) is 15.6. The molecule has 2 heterocycles. The molecule has 27 heavy (non-hydrogen) atoms. The van der Waals surface area contributed by atoms with Gasteiger partial charge in [-0.05, 0) is 51.5 Å². The quantitative estimate of drug-likeness (QED) is 0.424. The lowest BCUT2D eigenvalue weighted by Crippen LogP contribution is -2.25. The van der Waals surface area contributed by atoms with Crippen LogP contribution >= 0.6 is 0 Å². The Morgan fingerprint density at radius 2 is 1.93 bits per heavy atom. The maximum atomic E-state index is 12.0. The molecule has 3 rings (SSSR count). The second-order valence-corrected chi connectivity index (χ2v) is 6.25. The van der Waals surface area contributed by atoms with Crippen molar-refractivity contribution >= 4 is 22.6 Å². The van der Waals surface area contributed by atoms with Gasteiger partial charge in [0, 0.05) is 23.1 Å². The number of amides is 1. The summed E-state index contributed by atoms with van der Waals surface area (Å²) in [5, 5.41) is 4.89. The van der Waals surface area contributed by atoms with Gasteiger partial charge in [-0.2, -0.15) is 5.10 Å². The molecule has 1 N–H and O–H groups in total. The Balaban J connectivity index is 1.64. The van der Waals surface area contributed by atoms with Crippen LogP contribution in [-0.2, 0) is 4.79 Å². The number of carbonyl (C=O) groups excluding carboxylic acids is 1. The fourth-order valence-corrected chi connectivity index (χ4v) is 2.77. The van der Waals surface area contributed by atoms with Gasteiger partial charge < -0.3 is 13.6 Å². The number of nitrogens with one attached hydrogen (secondary N) is 1. The van der Waals surface area contributed by atoms with Crippen molar-refractivity contribution in [2.24, 2.45) is 5.10 Å². The highest BCUT2D eigenvalue weighted by atomic mass is 16.5. The molecule has 3 aromatic rings. The van der Waals surface area contributed by atoms with Gasteiger partial charge in [0.1, 0.15) is 22.9 Å². The van der Waals surface area contributed by atoms with E-state index < -0.39 is 11.5 Å². The standard InChI is InChI=1S/C20H20N2O5/c1-11-7-20(24)27-18-9-15(5-6-16(11)18)25-10-19(23)22-21-13(3)17-8-12(2)26-14(17)4/h5-9H,10H2,1-4H3,(H,22,23)/b21-13-. The van der Waals surface area contributed by atoms with Crippen LogP contribution in [0.5, 0.6) is 5.75 Å². The van der Waals surface area contributed by atoms with E-state index in [0.717, 1.165) is 28.0 Å². The third-order valence-corrected chi connectivity index (χ3v) is 4.07. The van der Waals surface area contributed by atoms with E-state index in [2.05, 4.69) is 10.5 Å². The maximum Gasteiger partial charge on any atom is 0.336 e. The molecule has 0 aliphatic heterocycles. The van der Waals surface area contributed by atoms with Crippen LogP contribution in [0.25, 0.3) is 11.0 Å². The molecule has 0 atom stereocenters. The predicted molar refractivity (Wildman–Crippen MR) is 101 cm³/mol. The van der Waals surface area contributed by atoms with E-state index in [1.165, 1.54) is 6.07 Å². The summed E-state index contributed by atoms with van der Waals surface area (Å²) in [5.74, 6) is 1.54. The molecule has 7 heteroatoms. The fourth-order valence-electron chi connectivity index (χ4n) is 2.77. The molecule has 2 aromatic heterocycles. The first kappa shape index (κ1) is 18.4. The number of furan rings is 1. The smallest absolute Gasteiger partial charge is 0.336 e. The van der Waals surface area contributed by atoms with E-state index in [1.54, 1.807) is 25.1 Å². The first-order valence-electron chi connectivity index (χ1n) is 8.41.